The molecule has 208 valence electrons. The first kappa shape index (κ1) is 27.0. The third-order valence-electron chi connectivity index (χ3n) is 7.80. The summed E-state index contributed by atoms with van der Waals surface area (Å²) in [5.41, 5.74) is 0.755. The minimum Gasteiger partial charge on any atom is -0.492 e. The number of anilines is 2. The topological polar surface area (TPSA) is 102 Å². The van der Waals surface area contributed by atoms with E-state index >= 15 is 0 Å². The quantitative estimate of drug-likeness (QED) is 0.352. The van der Waals surface area contributed by atoms with Crippen LogP contribution in [0.5, 0.6) is 5.75 Å². The van der Waals surface area contributed by atoms with Crippen LogP contribution >= 0.6 is 0 Å². The number of benzene rings is 2. The molecular formula is C30H37N3O6. The number of amides is 2. The molecule has 1 aliphatic carbocycles. The van der Waals surface area contributed by atoms with Crippen LogP contribution in [0.1, 0.15) is 55.3 Å². The molecule has 1 saturated carbocycles. The van der Waals surface area contributed by atoms with E-state index in [1.54, 1.807) is 6.07 Å². The molecule has 2 N–H and O–H groups in total. The summed E-state index contributed by atoms with van der Waals surface area (Å²) in [6, 6.07) is 12.8. The normalized spacial score (nSPS) is 17.5. The molecule has 2 amide bonds. The lowest BCUT2D eigenvalue weighted by Crippen LogP contribution is -2.38. The molecule has 1 aliphatic heterocycles. The van der Waals surface area contributed by atoms with Crippen LogP contribution in [0, 0.1) is 0 Å². The Morgan fingerprint density at radius 2 is 1.69 bits per heavy atom. The third-order valence-corrected chi connectivity index (χ3v) is 7.80. The fraction of sp³-hybridized carbons (Fsp3) is 0.467. The summed E-state index contributed by atoms with van der Waals surface area (Å²) >= 11 is 0. The van der Waals surface area contributed by atoms with Crippen LogP contribution in [0.2, 0.25) is 0 Å². The van der Waals surface area contributed by atoms with Gasteiger partial charge >= 0.3 is 12.0 Å². The largest absolute Gasteiger partial charge is 0.492 e. The maximum absolute atomic E-state index is 13.1. The van der Waals surface area contributed by atoms with Crippen molar-refractivity contribution in [2.24, 2.45) is 0 Å². The van der Waals surface area contributed by atoms with Gasteiger partial charge in [-0.25, -0.2) is 9.59 Å². The Morgan fingerprint density at radius 3 is 2.44 bits per heavy atom. The Morgan fingerprint density at radius 1 is 0.974 bits per heavy atom. The van der Waals surface area contributed by atoms with Gasteiger partial charge in [0.1, 0.15) is 18.1 Å². The molecule has 0 atom stereocenters. The molecule has 1 aromatic heterocycles. The summed E-state index contributed by atoms with van der Waals surface area (Å²) in [6.45, 7) is 6.88. The number of rotatable bonds is 8. The molecule has 5 rings (SSSR count). The monoisotopic (exact) mass is 535 g/mol. The van der Waals surface area contributed by atoms with Gasteiger partial charge < -0.3 is 29.3 Å². The molecule has 0 radical (unpaired) electrons. The van der Waals surface area contributed by atoms with Crippen molar-refractivity contribution in [3.05, 3.63) is 54.0 Å². The molecule has 9 nitrogen and oxygen atoms in total. The van der Waals surface area contributed by atoms with Crippen molar-refractivity contribution >= 4 is 34.1 Å². The molecule has 2 fully saturated rings. The summed E-state index contributed by atoms with van der Waals surface area (Å²) in [7, 11) is 1.30. The Hall–Kier alpha value is -3.56. The van der Waals surface area contributed by atoms with Gasteiger partial charge in [-0.3, -0.25) is 4.90 Å². The van der Waals surface area contributed by atoms with Gasteiger partial charge in [0.25, 0.3) is 0 Å². The van der Waals surface area contributed by atoms with E-state index in [2.05, 4.69) is 22.5 Å². The zero-order valence-corrected chi connectivity index (χ0v) is 22.7. The fourth-order valence-electron chi connectivity index (χ4n) is 5.50. The predicted molar refractivity (Wildman–Crippen MR) is 150 cm³/mol. The zero-order chi connectivity index (χ0) is 27.2. The number of methoxy groups -OCH3 is 1. The number of esters is 1. The van der Waals surface area contributed by atoms with Gasteiger partial charge in [-0.1, -0.05) is 50.5 Å². The Bertz CT molecular complexity index is 1310. The van der Waals surface area contributed by atoms with Crippen molar-refractivity contribution in [3.8, 4) is 5.75 Å². The summed E-state index contributed by atoms with van der Waals surface area (Å²) in [5.74, 6) is 0.836. The molecule has 39 heavy (non-hydrogen) atoms. The van der Waals surface area contributed by atoms with Crippen LogP contribution in [0.4, 0.5) is 16.2 Å². The average Bonchev–Trinajstić information content (AvgIpc) is 3.39. The first-order valence-corrected chi connectivity index (χ1v) is 13.7. The molecule has 2 heterocycles. The molecule has 9 heteroatoms. The van der Waals surface area contributed by atoms with E-state index < -0.39 is 12.0 Å². The van der Waals surface area contributed by atoms with E-state index in [4.69, 9.17) is 18.6 Å². The molecule has 0 unspecified atom stereocenters. The number of carbonyl (C=O) groups excluding carboxylic acids is 2. The second-order valence-electron chi connectivity index (χ2n) is 10.5. The van der Waals surface area contributed by atoms with Crippen LogP contribution in [-0.4, -0.2) is 63.5 Å². The van der Waals surface area contributed by atoms with E-state index in [0.717, 1.165) is 75.1 Å². The Kier molecular flexibility index (Phi) is 8.38. The molecule has 0 bridgehead atoms. The van der Waals surface area contributed by atoms with Gasteiger partial charge in [-0.2, -0.15) is 0 Å². The van der Waals surface area contributed by atoms with Crippen molar-refractivity contribution in [1.29, 1.82) is 0 Å². The van der Waals surface area contributed by atoms with E-state index in [9.17, 15) is 9.59 Å². The van der Waals surface area contributed by atoms with Gasteiger partial charge in [-0.05, 0) is 25.0 Å². The lowest BCUT2D eigenvalue weighted by Gasteiger charge is -2.31. The van der Waals surface area contributed by atoms with Crippen molar-refractivity contribution < 1.29 is 28.2 Å². The number of carbonyl (C=O) groups is 2. The maximum atomic E-state index is 13.1. The van der Waals surface area contributed by atoms with Gasteiger partial charge in [-0.15, -0.1) is 0 Å². The lowest BCUT2D eigenvalue weighted by molar-refractivity contribution is 0.0323. The number of urea groups is 1. The number of nitrogens with zero attached hydrogens (tertiary/aromatic N) is 1. The molecule has 3 aromatic rings. The van der Waals surface area contributed by atoms with E-state index in [0.29, 0.717) is 23.7 Å². The van der Waals surface area contributed by atoms with E-state index in [-0.39, 0.29) is 11.2 Å². The van der Waals surface area contributed by atoms with Crippen molar-refractivity contribution in [1.82, 2.24) is 4.90 Å². The minimum absolute atomic E-state index is 0.00308. The number of hydrogen-bond acceptors (Lipinski definition) is 7. The van der Waals surface area contributed by atoms with Crippen molar-refractivity contribution in [3.63, 3.8) is 0 Å². The van der Waals surface area contributed by atoms with E-state index in [1.807, 2.05) is 36.4 Å². The van der Waals surface area contributed by atoms with Crippen LogP contribution in [0.15, 0.2) is 46.9 Å². The summed E-state index contributed by atoms with van der Waals surface area (Å²) in [5, 5.41) is 7.50. The summed E-state index contributed by atoms with van der Waals surface area (Å²) < 4.78 is 22.4. The number of ether oxygens (including phenoxy) is 3. The van der Waals surface area contributed by atoms with Crippen LogP contribution in [-0.2, 0) is 14.9 Å². The summed E-state index contributed by atoms with van der Waals surface area (Å²) in [4.78, 5) is 27.9. The maximum Gasteiger partial charge on any atom is 0.376 e. The van der Waals surface area contributed by atoms with Gasteiger partial charge in [0, 0.05) is 41.9 Å². The highest BCUT2D eigenvalue weighted by Gasteiger charge is 2.34. The minimum atomic E-state index is -0.625. The van der Waals surface area contributed by atoms with Gasteiger partial charge in [0.15, 0.2) is 0 Å². The standard InChI is InChI=1S/C30H37N3O6/c1-30(12-6-3-7-13-30)26-20-24(27(39-26)28(34)36-2)32-29(35)31-23-10-11-25(22-9-5-4-8-21(22)23)38-19-16-33-14-17-37-18-15-33/h4-5,8-11,20H,3,6-7,12-19H2,1-2H3,(H2,31,32,35). The smallest absolute Gasteiger partial charge is 0.376 e. The van der Waals surface area contributed by atoms with Gasteiger partial charge in [0.2, 0.25) is 5.76 Å². The lowest BCUT2D eigenvalue weighted by atomic mass is 9.74. The number of nitrogens with one attached hydrogen (secondary N) is 2. The first-order chi connectivity index (χ1) is 19.0. The highest BCUT2D eigenvalue weighted by molar-refractivity contribution is 6.09. The molecular weight excluding hydrogens is 498 g/mol. The highest BCUT2D eigenvalue weighted by Crippen LogP contribution is 2.42. The van der Waals surface area contributed by atoms with Crippen LogP contribution in [0.25, 0.3) is 10.8 Å². The molecule has 1 saturated heterocycles. The van der Waals surface area contributed by atoms with Crippen LogP contribution < -0.4 is 15.4 Å². The Labute approximate surface area is 228 Å². The second kappa shape index (κ2) is 12.1. The number of morpholine rings is 1. The average molecular weight is 536 g/mol. The van der Waals surface area contributed by atoms with Crippen LogP contribution in [0.3, 0.4) is 0 Å². The molecule has 2 aromatic carbocycles. The van der Waals surface area contributed by atoms with Crippen molar-refractivity contribution in [2.45, 2.75) is 44.4 Å². The fourth-order valence-corrected chi connectivity index (χ4v) is 5.50. The van der Waals surface area contributed by atoms with Gasteiger partial charge in [0.05, 0.1) is 31.7 Å². The molecule has 0 spiro atoms. The van der Waals surface area contributed by atoms with E-state index in [1.165, 1.54) is 13.5 Å². The summed E-state index contributed by atoms with van der Waals surface area (Å²) in [6.07, 6.45) is 5.35. The number of hydrogen-bond donors (Lipinski definition) is 2. The Balaban J connectivity index is 1.30. The second-order valence-corrected chi connectivity index (χ2v) is 10.5. The predicted octanol–water partition coefficient (Wildman–Crippen LogP) is 5.80. The first-order valence-electron chi connectivity index (χ1n) is 13.7. The number of furan rings is 1. The number of fused-ring (bicyclic) bond motifs is 1. The van der Waals surface area contributed by atoms with Crippen molar-refractivity contribution in [2.75, 3.05) is 57.2 Å². The SMILES string of the molecule is COC(=O)c1oc(C2(C)CCCCC2)cc1NC(=O)Nc1ccc(OCCN2CCOCC2)c2ccccc12. The zero-order valence-electron chi connectivity index (χ0n) is 22.7. The third kappa shape index (κ3) is 6.20. The highest BCUT2D eigenvalue weighted by atomic mass is 16.5. The molecule has 2 aliphatic rings.